The first-order chi connectivity index (χ1) is 14.0. The van der Waals surface area contributed by atoms with Crippen LogP contribution in [0.4, 0.5) is 4.39 Å². The Morgan fingerprint density at radius 3 is 2.76 bits per heavy atom. The number of nitrogens with zero attached hydrogens (tertiary/aromatic N) is 3. The van der Waals surface area contributed by atoms with Crippen LogP contribution in [0.25, 0.3) is 11.1 Å². The lowest BCUT2D eigenvalue weighted by atomic mass is 9.90. The fraction of sp³-hybridized carbons (Fsp3) is 0.429. The Kier molecular flexibility index (Phi) is 7.19. The number of rotatable bonds is 6. The summed E-state index contributed by atoms with van der Waals surface area (Å²) in [6.07, 6.45) is 3.99. The van der Waals surface area contributed by atoms with E-state index in [2.05, 4.69) is 9.72 Å². The number of aromatic nitrogens is 2. The number of piperidine rings is 1. The zero-order valence-electron chi connectivity index (χ0n) is 16.6. The van der Waals surface area contributed by atoms with Gasteiger partial charge in [0, 0.05) is 37.2 Å². The lowest BCUT2D eigenvalue weighted by Crippen LogP contribution is -2.39. The summed E-state index contributed by atoms with van der Waals surface area (Å²) in [4.78, 5) is 34.7. The summed E-state index contributed by atoms with van der Waals surface area (Å²) in [5, 5.41) is 0.482. The number of esters is 1. The maximum atomic E-state index is 13.4. The van der Waals surface area contributed by atoms with E-state index in [1.54, 1.807) is 18.3 Å². The number of hydrogen-bond donors (Lipinski definition) is 0. The smallest absolute Gasteiger partial charge is 0.316 e. The molecule has 29 heavy (non-hydrogen) atoms. The van der Waals surface area contributed by atoms with Crippen molar-refractivity contribution in [2.24, 2.45) is 0 Å². The van der Waals surface area contributed by atoms with Crippen molar-refractivity contribution in [2.75, 3.05) is 26.0 Å². The van der Waals surface area contributed by atoms with Crippen molar-refractivity contribution in [3.63, 3.8) is 0 Å². The van der Waals surface area contributed by atoms with Gasteiger partial charge in [0.1, 0.15) is 5.82 Å². The van der Waals surface area contributed by atoms with Crippen LogP contribution in [0.1, 0.15) is 37.8 Å². The Balaban J connectivity index is 1.94. The third-order valence-corrected chi connectivity index (χ3v) is 5.80. The minimum atomic E-state index is -0.347. The van der Waals surface area contributed by atoms with Gasteiger partial charge in [-0.15, -0.1) is 0 Å². The maximum Gasteiger partial charge on any atom is 0.316 e. The van der Waals surface area contributed by atoms with Crippen LogP contribution >= 0.6 is 11.8 Å². The summed E-state index contributed by atoms with van der Waals surface area (Å²) >= 11 is 1.21. The molecule has 1 aliphatic heterocycles. The van der Waals surface area contributed by atoms with Gasteiger partial charge in [-0.3, -0.25) is 9.59 Å². The molecule has 6 nitrogen and oxygen atoms in total. The van der Waals surface area contributed by atoms with E-state index in [1.165, 1.54) is 31.0 Å². The second kappa shape index (κ2) is 9.82. The molecule has 0 radical (unpaired) electrons. The van der Waals surface area contributed by atoms with Crippen LogP contribution in [0.5, 0.6) is 0 Å². The van der Waals surface area contributed by atoms with Gasteiger partial charge in [0.2, 0.25) is 5.91 Å². The zero-order valence-corrected chi connectivity index (χ0v) is 17.4. The molecule has 1 saturated heterocycles. The van der Waals surface area contributed by atoms with E-state index < -0.39 is 0 Å². The van der Waals surface area contributed by atoms with Gasteiger partial charge < -0.3 is 9.64 Å². The van der Waals surface area contributed by atoms with Crippen molar-refractivity contribution in [1.82, 2.24) is 14.9 Å². The van der Waals surface area contributed by atoms with Gasteiger partial charge in [-0.1, -0.05) is 30.8 Å². The van der Waals surface area contributed by atoms with Gasteiger partial charge in [-0.05, 0) is 30.5 Å². The molecule has 2 heterocycles. The van der Waals surface area contributed by atoms with Crippen LogP contribution in [-0.4, -0.2) is 52.7 Å². The molecule has 1 amide bonds. The largest absolute Gasteiger partial charge is 0.468 e. The highest BCUT2D eigenvalue weighted by molar-refractivity contribution is 7.99. The summed E-state index contributed by atoms with van der Waals surface area (Å²) < 4.78 is 18.1. The highest BCUT2D eigenvalue weighted by atomic mass is 32.2. The first kappa shape index (κ1) is 21.2. The molecular weight excluding hydrogens is 393 g/mol. The Morgan fingerprint density at radius 1 is 1.31 bits per heavy atom. The normalized spacial score (nSPS) is 16.5. The molecule has 0 saturated carbocycles. The molecule has 1 aromatic carbocycles. The van der Waals surface area contributed by atoms with E-state index in [-0.39, 0.29) is 29.4 Å². The predicted octanol–water partition coefficient (Wildman–Crippen LogP) is 3.66. The SMILES string of the molecule is CCC(=O)N1CCC[C@@H](c2nc(SCC(=O)OC)ncc2-c2ccc(F)cc2)C1. The van der Waals surface area contributed by atoms with E-state index in [4.69, 9.17) is 4.98 Å². The lowest BCUT2D eigenvalue weighted by Gasteiger charge is -2.33. The van der Waals surface area contributed by atoms with E-state index in [0.29, 0.717) is 18.1 Å². The van der Waals surface area contributed by atoms with Gasteiger partial charge >= 0.3 is 5.97 Å². The van der Waals surface area contributed by atoms with Gasteiger partial charge in [0.25, 0.3) is 0 Å². The van der Waals surface area contributed by atoms with Crippen LogP contribution < -0.4 is 0 Å². The third kappa shape index (κ3) is 5.32. The molecule has 3 rings (SSSR count). The molecule has 0 aliphatic carbocycles. The second-order valence-electron chi connectivity index (χ2n) is 6.86. The maximum absolute atomic E-state index is 13.4. The molecule has 0 unspecified atom stereocenters. The average molecular weight is 418 g/mol. The summed E-state index contributed by atoms with van der Waals surface area (Å²) in [5.41, 5.74) is 2.47. The quantitative estimate of drug-likeness (QED) is 0.406. The van der Waals surface area contributed by atoms with Crippen molar-refractivity contribution in [3.05, 3.63) is 42.0 Å². The molecule has 0 N–H and O–H groups in total. The summed E-state index contributed by atoms with van der Waals surface area (Å²) in [6.45, 7) is 3.21. The number of thioether (sulfide) groups is 1. The molecular formula is C21H24FN3O3S. The number of halogens is 1. The number of benzene rings is 1. The van der Waals surface area contributed by atoms with E-state index >= 15 is 0 Å². The zero-order chi connectivity index (χ0) is 20.8. The molecule has 8 heteroatoms. The minimum absolute atomic E-state index is 0.0554. The predicted molar refractivity (Wildman–Crippen MR) is 109 cm³/mol. The van der Waals surface area contributed by atoms with Gasteiger partial charge in [0.05, 0.1) is 18.6 Å². The Bertz CT molecular complexity index is 876. The second-order valence-corrected chi connectivity index (χ2v) is 7.80. The third-order valence-electron chi connectivity index (χ3n) is 4.96. The number of amides is 1. The molecule has 1 aliphatic rings. The topological polar surface area (TPSA) is 72.4 Å². The number of ether oxygens (including phenoxy) is 1. The van der Waals surface area contributed by atoms with Crippen LogP contribution in [0.3, 0.4) is 0 Å². The molecule has 2 aromatic rings. The fourth-order valence-electron chi connectivity index (χ4n) is 3.44. The number of likely N-dealkylation sites (tertiary alicyclic amines) is 1. The standard InChI is InChI=1S/C21H24FN3O3S/c1-3-18(26)25-10-4-5-15(12-25)20-17(14-6-8-16(22)9-7-14)11-23-21(24-20)29-13-19(27)28-2/h6-9,11,15H,3-5,10,12-13H2,1-2H3/t15-/m1/s1. The first-order valence-electron chi connectivity index (χ1n) is 9.62. The van der Waals surface area contributed by atoms with Gasteiger partial charge in [-0.25, -0.2) is 14.4 Å². The first-order valence-corrected chi connectivity index (χ1v) is 10.6. The monoisotopic (exact) mass is 417 g/mol. The summed E-state index contributed by atoms with van der Waals surface area (Å²) in [5.74, 6) is -0.345. The molecule has 1 atom stereocenters. The minimum Gasteiger partial charge on any atom is -0.468 e. The average Bonchev–Trinajstić information content (AvgIpc) is 2.77. The Hall–Kier alpha value is -2.48. The van der Waals surface area contributed by atoms with Crippen molar-refractivity contribution in [2.45, 2.75) is 37.3 Å². The number of carbonyl (C=O) groups excluding carboxylic acids is 2. The van der Waals surface area contributed by atoms with Gasteiger partial charge in [-0.2, -0.15) is 0 Å². The Labute approximate surface area is 173 Å². The van der Waals surface area contributed by atoms with Crippen molar-refractivity contribution >= 4 is 23.6 Å². The number of carbonyl (C=O) groups is 2. The number of hydrogen-bond acceptors (Lipinski definition) is 6. The Morgan fingerprint density at radius 2 is 2.07 bits per heavy atom. The van der Waals surface area contributed by atoms with Crippen LogP contribution in [-0.2, 0) is 14.3 Å². The molecule has 154 valence electrons. The van der Waals surface area contributed by atoms with Crippen LogP contribution in [0.15, 0.2) is 35.6 Å². The van der Waals surface area contributed by atoms with Crippen molar-refractivity contribution in [1.29, 1.82) is 0 Å². The van der Waals surface area contributed by atoms with E-state index in [0.717, 1.165) is 36.2 Å². The summed E-state index contributed by atoms with van der Waals surface area (Å²) in [6, 6.07) is 6.23. The van der Waals surface area contributed by atoms with E-state index in [1.807, 2.05) is 11.8 Å². The highest BCUT2D eigenvalue weighted by Gasteiger charge is 2.27. The van der Waals surface area contributed by atoms with Crippen molar-refractivity contribution < 1.29 is 18.7 Å². The summed E-state index contributed by atoms with van der Waals surface area (Å²) in [7, 11) is 1.34. The molecule has 0 bridgehead atoms. The fourth-order valence-corrected chi connectivity index (χ4v) is 4.10. The number of methoxy groups -OCH3 is 1. The van der Waals surface area contributed by atoms with Crippen LogP contribution in [0.2, 0.25) is 0 Å². The van der Waals surface area contributed by atoms with Crippen LogP contribution in [0, 0.1) is 5.82 Å². The lowest BCUT2D eigenvalue weighted by molar-refractivity contribution is -0.137. The highest BCUT2D eigenvalue weighted by Crippen LogP contribution is 2.34. The van der Waals surface area contributed by atoms with E-state index in [9.17, 15) is 14.0 Å². The molecule has 0 spiro atoms. The molecule has 1 fully saturated rings. The van der Waals surface area contributed by atoms with Crippen molar-refractivity contribution in [3.8, 4) is 11.1 Å². The van der Waals surface area contributed by atoms with Gasteiger partial charge in [0.15, 0.2) is 5.16 Å². The molecule has 1 aromatic heterocycles.